The molecule has 0 saturated heterocycles. The monoisotopic (exact) mass is 296 g/mol. The summed E-state index contributed by atoms with van der Waals surface area (Å²) in [7, 11) is 0. The van der Waals surface area contributed by atoms with Crippen molar-refractivity contribution in [3.63, 3.8) is 0 Å². The fourth-order valence-corrected chi connectivity index (χ4v) is 1.59. The van der Waals surface area contributed by atoms with E-state index in [-0.39, 0.29) is 17.3 Å². The molecule has 2 rings (SSSR count). The van der Waals surface area contributed by atoms with E-state index in [0.717, 1.165) is 0 Å². The molecule has 0 bridgehead atoms. The van der Waals surface area contributed by atoms with Crippen molar-refractivity contribution in [3.8, 4) is 11.6 Å². The number of rotatable bonds is 4. The number of nitro groups is 1. The van der Waals surface area contributed by atoms with Crippen LogP contribution in [0, 0.1) is 28.7 Å². The third-order valence-electron chi connectivity index (χ3n) is 2.61. The molecular weight excluding hydrogens is 286 g/mol. The van der Waals surface area contributed by atoms with Gasteiger partial charge in [-0.25, -0.2) is 14.6 Å². The number of nitrogens with one attached hydrogen (secondary N) is 1. The van der Waals surface area contributed by atoms with E-state index in [9.17, 15) is 18.9 Å². The van der Waals surface area contributed by atoms with Crippen LogP contribution in [0.2, 0.25) is 0 Å². The standard InChI is InChI=1S/C12H10F2N4O3/c1-6-4-7(18(19)20)2-3-10(6)21-12-9(14)5-8(13)11(16-12)17-15/h2-5H,15H2,1H3,(H,16,17). The zero-order valence-electron chi connectivity index (χ0n) is 10.8. The molecule has 2 aromatic rings. The van der Waals surface area contributed by atoms with Crippen LogP contribution in [0.3, 0.4) is 0 Å². The van der Waals surface area contributed by atoms with E-state index in [2.05, 4.69) is 4.98 Å². The third kappa shape index (κ3) is 3.03. The van der Waals surface area contributed by atoms with Gasteiger partial charge in [-0.2, -0.15) is 4.98 Å². The van der Waals surface area contributed by atoms with E-state index in [0.29, 0.717) is 11.6 Å². The molecule has 0 spiro atoms. The van der Waals surface area contributed by atoms with Gasteiger partial charge in [-0.1, -0.05) is 0 Å². The highest BCUT2D eigenvalue weighted by Gasteiger charge is 2.15. The Morgan fingerprint density at radius 1 is 1.33 bits per heavy atom. The Balaban J connectivity index is 2.36. The van der Waals surface area contributed by atoms with Crippen molar-refractivity contribution in [1.29, 1.82) is 0 Å². The second kappa shape index (κ2) is 5.67. The van der Waals surface area contributed by atoms with Crippen LogP contribution < -0.4 is 16.0 Å². The van der Waals surface area contributed by atoms with Crippen LogP contribution in [-0.4, -0.2) is 9.91 Å². The van der Waals surface area contributed by atoms with E-state index < -0.39 is 22.4 Å². The third-order valence-corrected chi connectivity index (χ3v) is 2.61. The second-order valence-corrected chi connectivity index (χ2v) is 4.06. The Bertz CT molecular complexity index is 709. The summed E-state index contributed by atoms with van der Waals surface area (Å²) in [5.41, 5.74) is 2.24. The first-order chi connectivity index (χ1) is 9.92. The number of aromatic nitrogens is 1. The summed E-state index contributed by atoms with van der Waals surface area (Å²) in [6, 6.07) is 4.33. The Labute approximate surface area is 117 Å². The SMILES string of the molecule is Cc1cc([N+](=O)[O-])ccc1Oc1nc(NN)c(F)cc1F. The maximum atomic E-state index is 13.6. The molecule has 3 N–H and O–H groups in total. The lowest BCUT2D eigenvalue weighted by atomic mass is 10.2. The lowest BCUT2D eigenvalue weighted by molar-refractivity contribution is -0.384. The van der Waals surface area contributed by atoms with Crippen LogP contribution >= 0.6 is 0 Å². The highest BCUT2D eigenvalue weighted by molar-refractivity contribution is 5.45. The normalized spacial score (nSPS) is 10.3. The van der Waals surface area contributed by atoms with Gasteiger partial charge in [0.05, 0.1) is 4.92 Å². The highest BCUT2D eigenvalue weighted by atomic mass is 19.1. The Morgan fingerprint density at radius 2 is 2.05 bits per heavy atom. The van der Waals surface area contributed by atoms with Crippen LogP contribution in [-0.2, 0) is 0 Å². The maximum absolute atomic E-state index is 13.6. The first-order valence-corrected chi connectivity index (χ1v) is 5.68. The molecule has 21 heavy (non-hydrogen) atoms. The lowest BCUT2D eigenvalue weighted by Crippen LogP contribution is -2.11. The topological polar surface area (TPSA) is 103 Å². The highest BCUT2D eigenvalue weighted by Crippen LogP contribution is 2.29. The summed E-state index contributed by atoms with van der Waals surface area (Å²) in [5, 5.41) is 10.6. The fourth-order valence-electron chi connectivity index (χ4n) is 1.59. The van der Waals surface area contributed by atoms with Crippen molar-refractivity contribution in [1.82, 2.24) is 4.98 Å². The molecule has 0 aliphatic carbocycles. The number of hydrogen-bond donors (Lipinski definition) is 2. The van der Waals surface area contributed by atoms with Crippen molar-refractivity contribution in [2.45, 2.75) is 6.92 Å². The summed E-state index contributed by atoms with van der Waals surface area (Å²) < 4.78 is 32.0. The number of hydrazine groups is 1. The number of anilines is 1. The molecule has 0 saturated carbocycles. The molecule has 0 aliphatic rings. The number of ether oxygens (including phenoxy) is 1. The summed E-state index contributed by atoms with van der Waals surface area (Å²) in [4.78, 5) is 13.6. The van der Waals surface area contributed by atoms with Crippen molar-refractivity contribution in [2.75, 3.05) is 5.43 Å². The van der Waals surface area contributed by atoms with Crippen LogP contribution in [0.15, 0.2) is 24.3 Å². The summed E-state index contributed by atoms with van der Waals surface area (Å²) >= 11 is 0. The molecule has 7 nitrogen and oxygen atoms in total. The number of nitro benzene ring substituents is 1. The number of nitrogens with two attached hydrogens (primary N) is 1. The zero-order chi connectivity index (χ0) is 15.6. The van der Waals surface area contributed by atoms with E-state index in [1.807, 2.05) is 5.43 Å². The average molecular weight is 296 g/mol. The van der Waals surface area contributed by atoms with Crippen LogP contribution in [0.4, 0.5) is 20.3 Å². The Kier molecular flexibility index (Phi) is 3.94. The maximum Gasteiger partial charge on any atom is 0.269 e. The molecule has 0 atom stereocenters. The molecule has 0 fully saturated rings. The minimum Gasteiger partial charge on any atom is -0.436 e. The van der Waals surface area contributed by atoms with Gasteiger partial charge < -0.3 is 10.2 Å². The molecule has 1 aromatic heterocycles. The number of halogens is 2. The quantitative estimate of drug-likeness (QED) is 0.510. The fraction of sp³-hybridized carbons (Fsp3) is 0.0833. The first-order valence-electron chi connectivity index (χ1n) is 5.68. The second-order valence-electron chi connectivity index (χ2n) is 4.06. The van der Waals surface area contributed by atoms with Crippen LogP contribution in [0.5, 0.6) is 11.6 Å². The van der Waals surface area contributed by atoms with Gasteiger partial charge in [0.15, 0.2) is 17.5 Å². The number of hydrogen-bond acceptors (Lipinski definition) is 6. The van der Waals surface area contributed by atoms with Crippen LogP contribution in [0.25, 0.3) is 0 Å². The molecule has 9 heteroatoms. The van der Waals surface area contributed by atoms with Gasteiger partial charge in [0.1, 0.15) is 5.75 Å². The summed E-state index contributed by atoms with van der Waals surface area (Å²) in [5.74, 6) is 2.32. The van der Waals surface area contributed by atoms with Crippen molar-refractivity contribution in [3.05, 3.63) is 51.6 Å². The average Bonchev–Trinajstić information content (AvgIpc) is 2.43. The van der Waals surface area contributed by atoms with Gasteiger partial charge in [-0.05, 0) is 18.6 Å². The lowest BCUT2D eigenvalue weighted by Gasteiger charge is -2.10. The van der Waals surface area contributed by atoms with E-state index in [1.54, 1.807) is 6.92 Å². The van der Waals surface area contributed by atoms with Gasteiger partial charge in [0.25, 0.3) is 11.6 Å². The first kappa shape index (κ1) is 14.6. The van der Waals surface area contributed by atoms with E-state index >= 15 is 0 Å². The van der Waals surface area contributed by atoms with E-state index in [4.69, 9.17) is 10.6 Å². The molecule has 1 heterocycles. The van der Waals surface area contributed by atoms with E-state index in [1.165, 1.54) is 18.2 Å². The number of nitrogen functional groups attached to an aromatic ring is 1. The number of pyridine rings is 1. The van der Waals surface area contributed by atoms with Gasteiger partial charge in [-0.15, -0.1) is 0 Å². The predicted octanol–water partition coefficient (Wildman–Crippen LogP) is 2.65. The van der Waals surface area contributed by atoms with Crippen molar-refractivity contribution >= 4 is 11.5 Å². The number of non-ortho nitro benzene ring substituents is 1. The minimum atomic E-state index is -1.02. The van der Waals surface area contributed by atoms with Crippen molar-refractivity contribution in [2.24, 2.45) is 5.84 Å². The molecule has 0 aliphatic heterocycles. The number of benzene rings is 1. The van der Waals surface area contributed by atoms with Gasteiger partial charge in [-0.3, -0.25) is 10.1 Å². The number of nitrogens with zero attached hydrogens (tertiary/aromatic N) is 2. The molecule has 0 radical (unpaired) electrons. The molecule has 1 aromatic carbocycles. The van der Waals surface area contributed by atoms with Crippen LogP contribution in [0.1, 0.15) is 5.56 Å². The largest absolute Gasteiger partial charge is 0.436 e. The Hall–Kier alpha value is -2.81. The van der Waals surface area contributed by atoms with Crippen molar-refractivity contribution < 1.29 is 18.4 Å². The van der Waals surface area contributed by atoms with Gasteiger partial charge >= 0.3 is 0 Å². The smallest absolute Gasteiger partial charge is 0.269 e. The minimum absolute atomic E-state index is 0.128. The predicted molar refractivity (Wildman–Crippen MR) is 69.9 cm³/mol. The summed E-state index contributed by atoms with van der Waals surface area (Å²) in [6.45, 7) is 1.55. The van der Waals surface area contributed by atoms with Gasteiger partial charge in [0.2, 0.25) is 0 Å². The molecule has 0 unspecified atom stereocenters. The number of aryl methyl sites for hydroxylation is 1. The molecule has 0 amide bonds. The summed E-state index contributed by atoms with van der Waals surface area (Å²) in [6.07, 6.45) is 0. The van der Waals surface area contributed by atoms with Gasteiger partial charge in [0, 0.05) is 18.2 Å². The Morgan fingerprint density at radius 3 is 2.62 bits per heavy atom. The molecule has 110 valence electrons. The zero-order valence-corrected chi connectivity index (χ0v) is 10.8. The molecular formula is C12H10F2N4O3.